The van der Waals surface area contributed by atoms with Gasteiger partial charge >= 0.3 is 5.69 Å². The summed E-state index contributed by atoms with van der Waals surface area (Å²) in [5.41, 5.74) is -0.150. The van der Waals surface area contributed by atoms with Crippen molar-refractivity contribution in [2.45, 2.75) is 27.7 Å². The van der Waals surface area contributed by atoms with Crippen LogP contribution in [0.25, 0.3) is 12.7 Å². The van der Waals surface area contributed by atoms with Crippen LogP contribution in [-0.4, -0.2) is 9.55 Å². The van der Waals surface area contributed by atoms with Crippen molar-refractivity contribution in [1.29, 1.82) is 0 Å². The first-order chi connectivity index (χ1) is 7.16. The molecule has 0 unspecified atom stereocenters. The van der Waals surface area contributed by atoms with Gasteiger partial charge < -0.3 is 4.98 Å². The van der Waals surface area contributed by atoms with E-state index in [-0.39, 0.29) is 5.69 Å². The maximum absolute atomic E-state index is 10.9. The third kappa shape index (κ3) is 4.49. The molecule has 0 aliphatic rings. The summed E-state index contributed by atoms with van der Waals surface area (Å²) < 4.78 is 1.49. The molecule has 3 nitrogen and oxygen atoms in total. The minimum absolute atomic E-state index is 0.150. The van der Waals surface area contributed by atoms with Crippen LogP contribution in [0.15, 0.2) is 17.4 Å². The van der Waals surface area contributed by atoms with Crippen molar-refractivity contribution in [2.24, 2.45) is 7.05 Å². The maximum atomic E-state index is 10.9. The lowest BCUT2D eigenvalue weighted by atomic mass is 10.5. The minimum Gasteiger partial charge on any atom is -0.306 e. The topological polar surface area (TPSA) is 37.8 Å². The van der Waals surface area contributed by atoms with Crippen LogP contribution in [0.1, 0.15) is 27.7 Å². The van der Waals surface area contributed by atoms with Crippen LogP contribution in [0.3, 0.4) is 0 Å². The lowest BCUT2D eigenvalue weighted by Gasteiger charge is -1.83. The second-order valence-electron chi connectivity index (χ2n) is 2.26. The Morgan fingerprint density at radius 3 is 2.00 bits per heavy atom. The Morgan fingerprint density at radius 2 is 1.73 bits per heavy atom. The summed E-state index contributed by atoms with van der Waals surface area (Å²) in [5, 5.41) is 1.39. The summed E-state index contributed by atoms with van der Waals surface area (Å²) in [7, 11) is 1.68. The number of rotatable bonds is 1. The van der Waals surface area contributed by atoms with Crippen LogP contribution in [0.4, 0.5) is 0 Å². The molecule has 0 saturated heterocycles. The van der Waals surface area contributed by atoms with Crippen molar-refractivity contribution < 1.29 is 0 Å². The quantitative estimate of drug-likeness (QED) is 0.741. The average Bonchev–Trinajstić information content (AvgIpc) is 2.51. The Bertz CT molecular complexity index is 423. The molecule has 1 aromatic rings. The second kappa shape index (κ2) is 9.06. The number of aromatic nitrogens is 2. The zero-order valence-corrected chi connectivity index (χ0v) is 10.4. The summed E-state index contributed by atoms with van der Waals surface area (Å²) >= 11 is 0. The van der Waals surface area contributed by atoms with Gasteiger partial charge in [0.25, 0.3) is 0 Å². The molecule has 0 aliphatic heterocycles. The number of aromatic amines is 1. The molecule has 86 valence electrons. The van der Waals surface area contributed by atoms with Crippen LogP contribution < -0.4 is 16.4 Å². The van der Waals surface area contributed by atoms with E-state index in [0.29, 0.717) is 5.35 Å². The fourth-order valence-corrected chi connectivity index (χ4v) is 0.913. The number of nitrogens with zero attached hydrogens (tertiary/aromatic N) is 1. The van der Waals surface area contributed by atoms with Crippen molar-refractivity contribution in [3.63, 3.8) is 0 Å². The van der Waals surface area contributed by atoms with Crippen LogP contribution >= 0.6 is 0 Å². The molecule has 0 saturated carbocycles. The molecule has 1 aromatic heterocycles. The predicted octanol–water partition coefficient (Wildman–Crippen LogP) is 1.14. The summed E-state index contributed by atoms with van der Waals surface area (Å²) in [4.78, 5) is 13.5. The van der Waals surface area contributed by atoms with Gasteiger partial charge in [-0.3, -0.25) is 4.57 Å². The zero-order chi connectivity index (χ0) is 12.4. The van der Waals surface area contributed by atoms with Crippen LogP contribution in [-0.2, 0) is 7.05 Å². The molecule has 1 N–H and O–H groups in total. The highest BCUT2D eigenvalue weighted by Gasteiger charge is 1.92. The smallest absolute Gasteiger partial charge is 0.306 e. The molecule has 1 rings (SSSR count). The Hall–Kier alpha value is -1.51. The third-order valence-corrected chi connectivity index (χ3v) is 1.51. The third-order valence-electron chi connectivity index (χ3n) is 1.51. The average molecular weight is 210 g/mol. The van der Waals surface area contributed by atoms with Gasteiger partial charge in [0.15, 0.2) is 0 Å². The summed E-state index contributed by atoms with van der Waals surface area (Å²) in [6.45, 7) is 15.2. The normalized spacial score (nSPS) is 9.53. The number of nitrogens with one attached hydrogen (secondary N) is 1. The van der Waals surface area contributed by atoms with E-state index in [4.69, 9.17) is 0 Å². The van der Waals surface area contributed by atoms with Gasteiger partial charge in [-0.1, -0.05) is 46.9 Å². The Morgan fingerprint density at radius 1 is 1.27 bits per heavy atom. The van der Waals surface area contributed by atoms with Gasteiger partial charge in [0.05, 0.1) is 10.7 Å². The SMILES string of the molecule is C=C/C=c1\c(=C)[nH]c(=O)n1C.CC.CC. The van der Waals surface area contributed by atoms with Crippen molar-refractivity contribution in [3.05, 3.63) is 33.8 Å². The highest BCUT2D eigenvalue weighted by Crippen LogP contribution is 1.61. The van der Waals surface area contributed by atoms with E-state index >= 15 is 0 Å². The highest BCUT2D eigenvalue weighted by atomic mass is 16.1. The van der Waals surface area contributed by atoms with Crippen molar-refractivity contribution in [2.75, 3.05) is 0 Å². The highest BCUT2D eigenvalue weighted by molar-refractivity contribution is 5.32. The molecular formula is C12H22N2O. The van der Waals surface area contributed by atoms with E-state index in [2.05, 4.69) is 18.1 Å². The standard InChI is InChI=1S/C8H10N2O.2C2H6/c1-4-5-7-6(2)9-8(11)10(7)3;2*1-2/h4-5H,1-2H2,3H3,(H,9,11);2*1-2H3/b7-5+;;. The van der Waals surface area contributed by atoms with Crippen molar-refractivity contribution in [1.82, 2.24) is 9.55 Å². The molecule has 0 aromatic carbocycles. The molecule has 0 amide bonds. The molecule has 0 fully saturated rings. The van der Waals surface area contributed by atoms with Gasteiger partial charge in [0.1, 0.15) is 0 Å². The van der Waals surface area contributed by atoms with E-state index in [9.17, 15) is 4.79 Å². The maximum Gasteiger partial charge on any atom is 0.326 e. The van der Waals surface area contributed by atoms with E-state index in [1.54, 1.807) is 19.2 Å². The number of imidazole rings is 1. The Balaban J connectivity index is 0. The monoisotopic (exact) mass is 210 g/mol. The lowest BCUT2D eigenvalue weighted by Crippen LogP contribution is -2.28. The predicted molar refractivity (Wildman–Crippen MR) is 68.2 cm³/mol. The first-order valence-electron chi connectivity index (χ1n) is 5.23. The van der Waals surface area contributed by atoms with Crippen LogP contribution in [0.5, 0.6) is 0 Å². The van der Waals surface area contributed by atoms with Crippen LogP contribution in [0.2, 0.25) is 0 Å². The number of H-pyrrole nitrogens is 1. The van der Waals surface area contributed by atoms with Gasteiger partial charge in [0, 0.05) is 7.05 Å². The summed E-state index contributed by atoms with van der Waals surface area (Å²) in [6.07, 6.45) is 3.36. The van der Waals surface area contributed by atoms with E-state index in [0.717, 1.165) is 5.35 Å². The molecule has 3 heteroatoms. The molecule has 0 spiro atoms. The first-order valence-corrected chi connectivity index (χ1v) is 5.23. The largest absolute Gasteiger partial charge is 0.326 e. The van der Waals surface area contributed by atoms with Gasteiger partial charge in [-0.05, 0) is 6.08 Å². The van der Waals surface area contributed by atoms with Gasteiger partial charge in [-0.2, -0.15) is 0 Å². The molecule has 0 atom stereocenters. The molecule has 1 heterocycles. The van der Waals surface area contributed by atoms with E-state index < -0.39 is 0 Å². The number of allylic oxidation sites excluding steroid dienone is 1. The molecular weight excluding hydrogens is 188 g/mol. The fraction of sp³-hybridized carbons (Fsp3) is 0.417. The summed E-state index contributed by atoms with van der Waals surface area (Å²) in [6, 6.07) is 0. The van der Waals surface area contributed by atoms with Gasteiger partial charge in [0.2, 0.25) is 0 Å². The van der Waals surface area contributed by atoms with Gasteiger partial charge in [-0.25, -0.2) is 4.79 Å². The van der Waals surface area contributed by atoms with Crippen molar-refractivity contribution >= 4 is 12.7 Å². The second-order valence-corrected chi connectivity index (χ2v) is 2.26. The zero-order valence-electron chi connectivity index (χ0n) is 10.4. The van der Waals surface area contributed by atoms with Crippen molar-refractivity contribution in [3.8, 4) is 0 Å². The summed E-state index contributed by atoms with van der Waals surface area (Å²) in [5.74, 6) is 0. The van der Waals surface area contributed by atoms with Gasteiger partial charge in [-0.15, -0.1) is 0 Å². The van der Waals surface area contributed by atoms with E-state index in [1.807, 2.05) is 27.7 Å². The molecule has 0 radical (unpaired) electrons. The molecule has 15 heavy (non-hydrogen) atoms. The minimum atomic E-state index is -0.150. The fourth-order valence-electron chi connectivity index (χ4n) is 0.913. The number of hydrogen-bond donors (Lipinski definition) is 1. The first kappa shape index (κ1) is 15.9. The lowest BCUT2D eigenvalue weighted by molar-refractivity contribution is 0.836. The molecule has 0 aliphatic carbocycles. The molecule has 0 bridgehead atoms. The van der Waals surface area contributed by atoms with Crippen LogP contribution in [0, 0.1) is 0 Å². The Labute approximate surface area is 91.5 Å². The Kier molecular flexibility index (Phi) is 9.63. The van der Waals surface area contributed by atoms with E-state index in [1.165, 1.54) is 4.57 Å². The number of hydrogen-bond acceptors (Lipinski definition) is 1.